The third kappa shape index (κ3) is 2.20. The summed E-state index contributed by atoms with van der Waals surface area (Å²) in [5, 5.41) is 2.62. The van der Waals surface area contributed by atoms with Crippen LogP contribution < -0.4 is 0 Å². The summed E-state index contributed by atoms with van der Waals surface area (Å²) in [6.07, 6.45) is 2.95. The van der Waals surface area contributed by atoms with Crippen molar-refractivity contribution in [3.8, 4) is 5.69 Å². The van der Waals surface area contributed by atoms with Crippen molar-refractivity contribution in [3.05, 3.63) is 71.0 Å². The molecule has 3 heterocycles. The van der Waals surface area contributed by atoms with Gasteiger partial charge in [0, 0.05) is 42.2 Å². The van der Waals surface area contributed by atoms with Crippen LogP contribution in [0.1, 0.15) is 22.4 Å². The summed E-state index contributed by atoms with van der Waals surface area (Å²) in [6, 6.07) is 15.4. The van der Waals surface area contributed by atoms with Crippen LogP contribution in [-0.2, 0) is 13.0 Å². The van der Waals surface area contributed by atoms with Crippen molar-refractivity contribution in [1.29, 1.82) is 0 Å². The average molecular weight is 341 g/mol. The fourth-order valence-electron chi connectivity index (χ4n) is 4.54. The Morgan fingerprint density at radius 1 is 1.00 bits per heavy atom. The summed E-state index contributed by atoms with van der Waals surface area (Å²) >= 11 is 0. The van der Waals surface area contributed by atoms with Gasteiger partial charge in [0.1, 0.15) is 0 Å². The number of hydrogen-bond acceptors (Lipinski definition) is 2. The number of hydrogen-bond donors (Lipinski definition) is 0. The monoisotopic (exact) mass is 341 g/mol. The largest absolute Gasteiger partial charge is 0.312 e. The van der Waals surface area contributed by atoms with E-state index in [1.807, 2.05) is 12.3 Å². The van der Waals surface area contributed by atoms with E-state index in [-0.39, 0.29) is 0 Å². The lowest BCUT2D eigenvalue weighted by molar-refractivity contribution is 0.311. The molecule has 3 nitrogen and oxygen atoms in total. The molecule has 26 heavy (non-hydrogen) atoms. The number of aromatic nitrogens is 2. The Hall–Kier alpha value is -2.65. The Bertz CT molecular complexity index is 1150. The van der Waals surface area contributed by atoms with E-state index in [2.05, 4.69) is 71.7 Å². The van der Waals surface area contributed by atoms with Crippen molar-refractivity contribution in [1.82, 2.24) is 14.5 Å². The van der Waals surface area contributed by atoms with Crippen molar-refractivity contribution in [2.75, 3.05) is 13.6 Å². The number of fused-ring (bicyclic) bond motifs is 4. The van der Waals surface area contributed by atoms with Gasteiger partial charge in [0.2, 0.25) is 0 Å². The molecule has 0 saturated carbocycles. The zero-order valence-corrected chi connectivity index (χ0v) is 15.6. The molecule has 1 aliphatic heterocycles. The van der Waals surface area contributed by atoms with Crippen molar-refractivity contribution < 1.29 is 0 Å². The number of benzene rings is 2. The highest BCUT2D eigenvalue weighted by atomic mass is 15.1. The smallest absolute Gasteiger partial charge is 0.0723 e. The molecule has 2 aromatic carbocycles. The first kappa shape index (κ1) is 15.6. The minimum absolute atomic E-state index is 1.02. The van der Waals surface area contributed by atoms with Crippen LogP contribution in [0, 0.1) is 13.8 Å². The highest BCUT2D eigenvalue weighted by Crippen LogP contribution is 2.37. The second-order valence-electron chi connectivity index (χ2n) is 7.57. The van der Waals surface area contributed by atoms with Crippen LogP contribution in [-0.4, -0.2) is 28.0 Å². The lowest BCUT2D eigenvalue weighted by atomic mass is 10.0. The second-order valence-corrected chi connectivity index (χ2v) is 7.57. The fraction of sp³-hybridized carbons (Fsp3) is 0.261. The van der Waals surface area contributed by atoms with Gasteiger partial charge in [-0.3, -0.25) is 4.98 Å². The number of pyridine rings is 1. The predicted octanol–water partition coefficient (Wildman–Crippen LogP) is 4.78. The van der Waals surface area contributed by atoms with E-state index in [0.29, 0.717) is 0 Å². The molecule has 3 heteroatoms. The molecule has 0 bridgehead atoms. The Morgan fingerprint density at radius 2 is 1.88 bits per heavy atom. The van der Waals surface area contributed by atoms with Gasteiger partial charge in [-0.05, 0) is 62.4 Å². The first-order valence-corrected chi connectivity index (χ1v) is 9.29. The number of nitrogens with zero attached hydrogens (tertiary/aromatic N) is 3. The minimum atomic E-state index is 1.02. The van der Waals surface area contributed by atoms with E-state index in [9.17, 15) is 0 Å². The maximum absolute atomic E-state index is 4.57. The molecule has 0 aliphatic carbocycles. The zero-order valence-electron chi connectivity index (χ0n) is 15.6. The van der Waals surface area contributed by atoms with Crippen LogP contribution in [0.15, 0.2) is 48.7 Å². The van der Waals surface area contributed by atoms with Crippen LogP contribution in [0.5, 0.6) is 0 Å². The highest BCUT2D eigenvalue weighted by molar-refractivity contribution is 5.95. The first-order valence-electron chi connectivity index (χ1n) is 9.29. The van der Waals surface area contributed by atoms with Crippen molar-refractivity contribution in [2.45, 2.75) is 26.8 Å². The van der Waals surface area contributed by atoms with Gasteiger partial charge in [0.15, 0.2) is 0 Å². The van der Waals surface area contributed by atoms with Gasteiger partial charge in [-0.25, -0.2) is 0 Å². The van der Waals surface area contributed by atoms with E-state index in [1.165, 1.54) is 44.4 Å². The van der Waals surface area contributed by atoms with Crippen LogP contribution in [0.25, 0.3) is 27.5 Å². The normalized spacial score (nSPS) is 14.9. The molecule has 0 fully saturated rings. The van der Waals surface area contributed by atoms with Gasteiger partial charge in [0.25, 0.3) is 0 Å². The highest BCUT2D eigenvalue weighted by Gasteiger charge is 2.25. The quantitative estimate of drug-likeness (QED) is 0.497. The molecule has 1 aliphatic rings. The number of rotatable bonds is 1. The van der Waals surface area contributed by atoms with Crippen LogP contribution in [0.2, 0.25) is 0 Å². The molecule has 130 valence electrons. The summed E-state index contributed by atoms with van der Waals surface area (Å²) in [4.78, 5) is 7.00. The van der Waals surface area contributed by atoms with Crippen LogP contribution in [0.4, 0.5) is 0 Å². The third-order valence-corrected chi connectivity index (χ3v) is 5.63. The second kappa shape index (κ2) is 5.68. The Morgan fingerprint density at radius 3 is 2.77 bits per heavy atom. The maximum Gasteiger partial charge on any atom is 0.0723 e. The van der Waals surface area contributed by atoms with Crippen LogP contribution in [0.3, 0.4) is 0 Å². The lowest BCUT2D eigenvalue weighted by Crippen LogP contribution is -2.27. The standard InChI is InChI=1S/C23H23N3/c1-15-12-16(2)23-18(13-15)19-14-25(3)11-9-22(19)26(23)21-8-4-7-20-17(21)6-5-10-24-20/h4-8,10,12-13H,9,11,14H2,1-3H3. The molecule has 2 aromatic heterocycles. The average Bonchev–Trinajstić information content (AvgIpc) is 2.95. The fourth-order valence-corrected chi connectivity index (χ4v) is 4.54. The Balaban J connectivity index is 1.94. The molecule has 0 atom stereocenters. The predicted molar refractivity (Wildman–Crippen MR) is 108 cm³/mol. The topological polar surface area (TPSA) is 21.1 Å². The van der Waals surface area contributed by atoms with Gasteiger partial charge in [-0.1, -0.05) is 17.7 Å². The SMILES string of the molecule is Cc1cc(C)c2c(c1)c1c(n2-c2cccc3ncccc23)CCN(C)C1. The molecule has 0 saturated heterocycles. The van der Waals surface area contributed by atoms with Crippen LogP contribution >= 0.6 is 0 Å². The molecule has 0 unspecified atom stereocenters. The van der Waals surface area contributed by atoms with Crippen molar-refractivity contribution in [3.63, 3.8) is 0 Å². The number of aryl methyl sites for hydroxylation is 2. The van der Waals surface area contributed by atoms with E-state index in [1.54, 1.807) is 0 Å². The summed E-state index contributed by atoms with van der Waals surface area (Å²) in [5.74, 6) is 0. The van der Waals surface area contributed by atoms with Gasteiger partial charge < -0.3 is 9.47 Å². The molecule has 0 amide bonds. The molecule has 0 spiro atoms. The maximum atomic E-state index is 4.57. The summed E-state index contributed by atoms with van der Waals surface area (Å²) in [5.41, 5.74) is 9.29. The molecule has 5 rings (SSSR count). The Kier molecular flexibility index (Phi) is 3.41. The summed E-state index contributed by atoms with van der Waals surface area (Å²) in [7, 11) is 2.22. The van der Waals surface area contributed by atoms with Gasteiger partial charge in [-0.2, -0.15) is 0 Å². The molecule has 4 aromatic rings. The zero-order chi connectivity index (χ0) is 17.8. The van der Waals surface area contributed by atoms with E-state index in [0.717, 1.165) is 25.0 Å². The van der Waals surface area contributed by atoms with Gasteiger partial charge in [-0.15, -0.1) is 0 Å². The minimum Gasteiger partial charge on any atom is -0.312 e. The summed E-state index contributed by atoms with van der Waals surface area (Å²) < 4.78 is 2.51. The van der Waals surface area contributed by atoms with Gasteiger partial charge >= 0.3 is 0 Å². The summed E-state index contributed by atoms with van der Waals surface area (Å²) in [6.45, 7) is 6.56. The number of likely N-dealkylation sites (N-methyl/N-ethyl adjacent to an activating group) is 1. The van der Waals surface area contributed by atoms with Gasteiger partial charge in [0.05, 0.1) is 16.7 Å². The van der Waals surface area contributed by atoms with Crippen molar-refractivity contribution in [2.24, 2.45) is 0 Å². The van der Waals surface area contributed by atoms with Crippen molar-refractivity contribution >= 4 is 21.8 Å². The van der Waals surface area contributed by atoms with E-state index < -0.39 is 0 Å². The van der Waals surface area contributed by atoms with E-state index in [4.69, 9.17) is 0 Å². The molecule has 0 radical (unpaired) electrons. The lowest BCUT2D eigenvalue weighted by Gasteiger charge is -2.24. The Labute approximate surface area is 153 Å². The van der Waals surface area contributed by atoms with E-state index >= 15 is 0 Å². The third-order valence-electron chi connectivity index (χ3n) is 5.63. The molecular formula is C23H23N3. The molecule has 0 N–H and O–H groups in total. The molecular weight excluding hydrogens is 318 g/mol. The first-order chi connectivity index (χ1) is 12.6.